The van der Waals surface area contributed by atoms with E-state index >= 15 is 0 Å². The summed E-state index contributed by atoms with van der Waals surface area (Å²) in [6.45, 7) is 9.10. The van der Waals surface area contributed by atoms with E-state index in [-0.39, 0.29) is 89.4 Å². The second kappa shape index (κ2) is 15.5. The molecular weight excluding hydrogens is 1090 g/mol. The molecule has 4 aromatic rings. The summed E-state index contributed by atoms with van der Waals surface area (Å²) in [6.07, 6.45) is 13.7. The minimum Gasteiger partial charge on any atom is -0.377 e. The monoisotopic (exact) mass is 1180 g/mol. The number of fused-ring (bicyclic) bond motifs is 4. The van der Waals surface area contributed by atoms with Crippen molar-refractivity contribution in [3.63, 3.8) is 0 Å². The highest BCUT2D eigenvalue weighted by molar-refractivity contribution is 5.98. The zero-order valence-electron chi connectivity index (χ0n) is 52.8. The number of hydrogen-bond acceptors (Lipinski definition) is 8. The first-order chi connectivity index (χ1) is 42.4. The number of ether oxygens (including phenoxy) is 4. The number of ketones is 4. The summed E-state index contributed by atoms with van der Waals surface area (Å²) in [6, 6.07) is 44.1. The van der Waals surface area contributed by atoms with Gasteiger partial charge in [-0.1, -0.05) is 149 Å². The zero-order valence-corrected chi connectivity index (χ0v) is 52.8. The van der Waals surface area contributed by atoms with Gasteiger partial charge < -0.3 is 18.9 Å². The van der Waals surface area contributed by atoms with Crippen molar-refractivity contribution in [3.8, 4) is 0 Å². The Labute approximate surface area is 519 Å². The smallest absolute Gasteiger partial charge is 0.145 e. The van der Waals surface area contributed by atoms with Crippen molar-refractivity contribution < 1.29 is 38.1 Å². The number of benzene rings is 4. The number of rotatable bonds is 8. The summed E-state index contributed by atoms with van der Waals surface area (Å²) < 4.78 is 25.2. The van der Waals surface area contributed by atoms with Crippen LogP contribution in [0.3, 0.4) is 0 Å². The third-order valence-corrected chi connectivity index (χ3v) is 34.5. The number of Topliss-reactive ketones (excluding diaryl/α,β-unsaturated/α-hetero) is 4. The molecule has 456 valence electrons. The Morgan fingerprint density at radius 1 is 0.295 bits per heavy atom. The maximum absolute atomic E-state index is 13.2. The average Bonchev–Trinajstić information content (AvgIpc) is 1.47. The second-order valence-corrected chi connectivity index (χ2v) is 35.1. The van der Waals surface area contributed by atoms with Crippen molar-refractivity contribution in [2.75, 3.05) is 28.4 Å². The fourth-order valence-corrected chi connectivity index (χ4v) is 34.3. The van der Waals surface area contributed by atoms with Gasteiger partial charge in [0.1, 0.15) is 23.1 Å². The van der Waals surface area contributed by atoms with Gasteiger partial charge in [-0.25, -0.2) is 0 Å². The lowest BCUT2D eigenvalue weighted by molar-refractivity contribution is -0.170. The fraction of sp³-hybridized carbons (Fsp3) is 0.650. The van der Waals surface area contributed by atoms with Gasteiger partial charge in [0.25, 0.3) is 0 Å². The molecule has 20 aliphatic carbocycles. The first-order valence-electron chi connectivity index (χ1n) is 35.0. The summed E-state index contributed by atoms with van der Waals surface area (Å²) in [5.74, 6) is 13.6. The van der Waals surface area contributed by atoms with Crippen LogP contribution in [-0.2, 0) is 59.8 Å². The summed E-state index contributed by atoms with van der Waals surface area (Å²) in [7, 11) is 7.48. The molecule has 0 radical (unpaired) electrons. The Hall–Kier alpha value is -4.60. The third kappa shape index (κ3) is 4.68. The quantitative estimate of drug-likeness (QED) is 0.172. The van der Waals surface area contributed by atoms with Crippen LogP contribution in [0.2, 0.25) is 0 Å². The van der Waals surface area contributed by atoms with Crippen LogP contribution < -0.4 is 0 Å². The van der Waals surface area contributed by atoms with Gasteiger partial charge in [0.05, 0.1) is 46.1 Å². The minimum absolute atomic E-state index is 0.0763. The fourth-order valence-electron chi connectivity index (χ4n) is 34.3. The van der Waals surface area contributed by atoms with Gasteiger partial charge >= 0.3 is 0 Å². The number of hydrogen-bond donors (Lipinski definition) is 0. The van der Waals surface area contributed by atoms with Crippen molar-refractivity contribution >= 4 is 23.1 Å². The van der Waals surface area contributed by atoms with Crippen LogP contribution in [-0.4, -0.2) is 74.0 Å². The van der Waals surface area contributed by atoms with E-state index in [1.807, 2.05) is 28.4 Å². The number of methoxy groups -OCH3 is 4. The van der Waals surface area contributed by atoms with Crippen LogP contribution in [0.25, 0.3) is 0 Å². The second-order valence-electron chi connectivity index (χ2n) is 35.1. The summed E-state index contributed by atoms with van der Waals surface area (Å²) >= 11 is 0. The van der Waals surface area contributed by atoms with E-state index in [2.05, 4.69) is 149 Å². The third-order valence-electron chi connectivity index (χ3n) is 34.5. The molecule has 20 fully saturated rings. The van der Waals surface area contributed by atoms with E-state index in [0.717, 1.165) is 75.0 Å². The molecule has 4 aromatic carbocycles. The molecule has 8 heteroatoms. The molecule has 20 aliphatic rings. The molecule has 0 aliphatic heterocycles. The van der Waals surface area contributed by atoms with Crippen LogP contribution >= 0.6 is 0 Å². The molecule has 0 heterocycles. The molecule has 0 aromatic heterocycles. The van der Waals surface area contributed by atoms with Gasteiger partial charge in [0, 0.05) is 71.8 Å². The topological polar surface area (TPSA) is 105 Å². The lowest BCUT2D eigenvalue weighted by atomic mass is 9.52. The van der Waals surface area contributed by atoms with Gasteiger partial charge in [-0.3, -0.25) is 19.2 Å². The molecule has 0 N–H and O–H groups in total. The SMILES string of the molecule is CO[C@@]12C[C@@H]3C[C@H]4[C@H]5[C@@H]3[C@]1(c1ccccc1)C[C@@]5(C)C(=O)[C@H]42.CO[C@@]12C[C@@H]3C[C@H]4[C@H]5[C@@H]3[C@]1(c1ccccc1)C[C@@]5(C)C(=O)[C@H]42.CO[C@]12C[C@H]3C[C@@H]4[C@@H]5[C@H]3[C@@]1(c1ccccc1)C[C@]5(C)C(=O)[C@@H]42.CO[C@]12C[C@H]3C[C@@H]4[C@@H]5[C@H]3[C@@]1(c1ccccc1)C[C@]5(C)C(=O)[C@@H]42. The van der Waals surface area contributed by atoms with Gasteiger partial charge in [0.2, 0.25) is 0 Å². The molecule has 0 amide bonds. The molecule has 24 rings (SSSR count). The van der Waals surface area contributed by atoms with Gasteiger partial charge in [0.15, 0.2) is 0 Å². The first kappa shape index (κ1) is 53.0. The van der Waals surface area contributed by atoms with Crippen LogP contribution in [0.15, 0.2) is 121 Å². The predicted molar refractivity (Wildman–Crippen MR) is 329 cm³/mol. The van der Waals surface area contributed by atoms with Gasteiger partial charge in [-0.2, -0.15) is 0 Å². The highest BCUT2D eigenvalue weighted by Gasteiger charge is 2.94. The molecule has 20 saturated carbocycles. The van der Waals surface area contributed by atoms with Crippen molar-refractivity contribution in [2.45, 2.75) is 149 Å². The van der Waals surface area contributed by atoms with E-state index in [4.69, 9.17) is 18.9 Å². The molecule has 32 atom stereocenters. The maximum atomic E-state index is 13.2. The van der Waals surface area contributed by atoms with E-state index in [1.54, 1.807) is 0 Å². The van der Waals surface area contributed by atoms with Crippen molar-refractivity contribution in [2.24, 2.45) is 140 Å². The van der Waals surface area contributed by atoms with Gasteiger partial charge in [-0.05, 0) is 194 Å². The lowest BCUT2D eigenvalue weighted by Crippen LogP contribution is -2.63. The van der Waals surface area contributed by atoms with Crippen LogP contribution in [0.5, 0.6) is 0 Å². The van der Waals surface area contributed by atoms with E-state index in [9.17, 15) is 19.2 Å². The standard InChI is InChI=1S/4C20H22O2/c4*1-18-10-19(12-6-4-3-5-7-12)14-11-8-13(15(14)18)16(17(18)21)20(19,9-11)22-2/h4*3-7,11,13-16H,8-10H2,1-2H3/t4*11-,13-,14+,15-,16-,18+,19+,20+/m1100/s1. The lowest BCUT2D eigenvalue weighted by Gasteiger charge is -2.55. The number of carbonyl (C=O) groups is 4. The molecule has 0 saturated heterocycles. The molecule has 8 nitrogen and oxygen atoms in total. The van der Waals surface area contributed by atoms with Crippen molar-refractivity contribution in [1.82, 2.24) is 0 Å². The molecular formula is C80H88O8. The van der Waals surface area contributed by atoms with E-state index in [1.165, 1.54) is 47.9 Å². The minimum atomic E-state index is -0.212. The summed E-state index contributed by atoms with van der Waals surface area (Å²) in [4.78, 5) is 52.9. The Kier molecular flexibility index (Phi) is 9.36. The Bertz CT molecular complexity index is 3340. The van der Waals surface area contributed by atoms with Crippen LogP contribution in [0, 0.1) is 140 Å². The molecule has 0 unspecified atom stereocenters. The van der Waals surface area contributed by atoms with Crippen molar-refractivity contribution in [3.05, 3.63) is 144 Å². The predicted octanol–water partition coefficient (Wildman–Crippen LogP) is 12.8. The summed E-state index contributed by atoms with van der Waals surface area (Å²) in [5.41, 5.74) is 4.99. The Morgan fingerprint density at radius 3 is 0.670 bits per heavy atom. The van der Waals surface area contributed by atoms with Crippen LogP contribution in [0.4, 0.5) is 0 Å². The van der Waals surface area contributed by atoms with Gasteiger partial charge in [-0.15, -0.1) is 0 Å². The highest BCUT2D eigenvalue weighted by atomic mass is 16.5. The van der Waals surface area contributed by atoms with E-state index < -0.39 is 0 Å². The first-order valence-corrected chi connectivity index (χ1v) is 35.0. The number of carbonyl (C=O) groups excluding carboxylic acids is 4. The molecule has 24 bridgehead atoms. The molecule has 0 spiro atoms. The van der Waals surface area contributed by atoms with E-state index in [0.29, 0.717) is 94.1 Å². The Balaban J connectivity index is 0.0000000803. The summed E-state index contributed by atoms with van der Waals surface area (Å²) in [5, 5.41) is 0. The average molecular weight is 1180 g/mol. The maximum Gasteiger partial charge on any atom is 0.145 e. The van der Waals surface area contributed by atoms with Crippen molar-refractivity contribution in [1.29, 1.82) is 0 Å². The van der Waals surface area contributed by atoms with Crippen LogP contribution in [0.1, 0.15) is 127 Å². The normalized spacial score (nSPS) is 59.2. The highest BCUT2D eigenvalue weighted by Crippen LogP contribution is 2.91. The molecule has 88 heavy (non-hydrogen) atoms. The zero-order chi connectivity index (χ0) is 59.6. The Morgan fingerprint density at radius 2 is 0.489 bits per heavy atom. The largest absolute Gasteiger partial charge is 0.377 e.